The van der Waals surface area contributed by atoms with Crippen LogP contribution in [-0.2, 0) is 9.59 Å². The van der Waals surface area contributed by atoms with E-state index >= 15 is 0 Å². The van der Waals surface area contributed by atoms with E-state index < -0.39 is 0 Å². The van der Waals surface area contributed by atoms with Crippen molar-refractivity contribution in [1.82, 2.24) is 5.32 Å². The summed E-state index contributed by atoms with van der Waals surface area (Å²) in [7, 11) is 0. The molecule has 1 aliphatic rings. The number of unbranched alkanes of at least 4 members (excludes halogenated alkanes) is 1. The molecule has 2 rings (SSSR count). The van der Waals surface area contributed by atoms with E-state index in [0.29, 0.717) is 13.1 Å². The van der Waals surface area contributed by atoms with Crippen LogP contribution in [0.5, 0.6) is 0 Å². The third-order valence-corrected chi connectivity index (χ3v) is 4.38. The summed E-state index contributed by atoms with van der Waals surface area (Å²) in [5.41, 5.74) is 7.74. The standard InChI is InChI=1S/C18H27N3O2/c1-3-4-5-15(11-19)20-18(23)14-10-17(22)21(12-14)16-8-6-13(2)7-9-16/h6-9,14-15H,3-5,10-12,19H2,1-2H3,(H,20,23). The fourth-order valence-corrected chi connectivity index (χ4v) is 2.88. The van der Waals surface area contributed by atoms with Gasteiger partial charge in [-0.3, -0.25) is 9.59 Å². The smallest absolute Gasteiger partial charge is 0.227 e. The van der Waals surface area contributed by atoms with Crippen molar-refractivity contribution in [3.05, 3.63) is 29.8 Å². The van der Waals surface area contributed by atoms with Gasteiger partial charge in [0.1, 0.15) is 0 Å². The average molecular weight is 317 g/mol. The van der Waals surface area contributed by atoms with Crippen LogP contribution < -0.4 is 16.0 Å². The van der Waals surface area contributed by atoms with Gasteiger partial charge in [-0.05, 0) is 25.5 Å². The van der Waals surface area contributed by atoms with E-state index in [4.69, 9.17) is 5.73 Å². The van der Waals surface area contributed by atoms with Crippen molar-refractivity contribution in [2.45, 2.75) is 45.6 Å². The summed E-state index contributed by atoms with van der Waals surface area (Å²) < 4.78 is 0. The zero-order chi connectivity index (χ0) is 16.8. The molecule has 1 heterocycles. The van der Waals surface area contributed by atoms with Crippen molar-refractivity contribution < 1.29 is 9.59 Å². The van der Waals surface area contributed by atoms with Crippen LogP contribution >= 0.6 is 0 Å². The molecule has 5 nitrogen and oxygen atoms in total. The second-order valence-electron chi connectivity index (χ2n) is 6.32. The number of nitrogens with two attached hydrogens (primary N) is 1. The molecule has 1 fully saturated rings. The number of aryl methyl sites for hydroxylation is 1. The first-order valence-electron chi connectivity index (χ1n) is 8.42. The summed E-state index contributed by atoms with van der Waals surface area (Å²) in [6.45, 7) is 5.01. The quantitative estimate of drug-likeness (QED) is 0.807. The van der Waals surface area contributed by atoms with Crippen molar-refractivity contribution in [2.75, 3.05) is 18.0 Å². The molecule has 0 saturated carbocycles. The normalized spacial score (nSPS) is 19.0. The average Bonchev–Trinajstić information content (AvgIpc) is 2.94. The van der Waals surface area contributed by atoms with Gasteiger partial charge >= 0.3 is 0 Å². The maximum Gasteiger partial charge on any atom is 0.227 e. The highest BCUT2D eigenvalue weighted by Gasteiger charge is 2.35. The Morgan fingerprint density at radius 3 is 2.70 bits per heavy atom. The zero-order valence-corrected chi connectivity index (χ0v) is 14.0. The van der Waals surface area contributed by atoms with Crippen molar-refractivity contribution in [3.8, 4) is 0 Å². The van der Waals surface area contributed by atoms with Gasteiger partial charge in [0.05, 0.1) is 5.92 Å². The highest BCUT2D eigenvalue weighted by Crippen LogP contribution is 2.25. The predicted molar refractivity (Wildman–Crippen MR) is 92.1 cm³/mol. The summed E-state index contributed by atoms with van der Waals surface area (Å²) in [4.78, 5) is 26.3. The lowest BCUT2D eigenvalue weighted by molar-refractivity contribution is -0.126. The van der Waals surface area contributed by atoms with Gasteiger partial charge in [-0.25, -0.2) is 0 Å². The molecule has 2 amide bonds. The van der Waals surface area contributed by atoms with Gasteiger partial charge in [0.25, 0.3) is 0 Å². The highest BCUT2D eigenvalue weighted by molar-refractivity contribution is 6.00. The van der Waals surface area contributed by atoms with Crippen LogP contribution in [0.15, 0.2) is 24.3 Å². The van der Waals surface area contributed by atoms with Crippen LogP contribution in [0.4, 0.5) is 5.69 Å². The molecule has 1 aliphatic heterocycles. The summed E-state index contributed by atoms with van der Waals surface area (Å²) in [5.74, 6) is -0.342. The van der Waals surface area contributed by atoms with E-state index in [9.17, 15) is 9.59 Å². The Labute approximate surface area is 138 Å². The van der Waals surface area contributed by atoms with Crippen LogP contribution in [-0.4, -0.2) is 30.9 Å². The van der Waals surface area contributed by atoms with E-state index in [2.05, 4.69) is 12.2 Å². The van der Waals surface area contributed by atoms with Gasteiger partial charge in [-0.1, -0.05) is 37.5 Å². The Morgan fingerprint density at radius 2 is 2.09 bits per heavy atom. The van der Waals surface area contributed by atoms with E-state index in [1.165, 1.54) is 0 Å². The Hall–Kier alpha value is -1.88. The number of hydrogen-bond acceptors (Lipinski definition) is 3. The fraction of sp³-hybridized carbons (Fsp3) is 0.556. The van der Waals surface area contributed by atoms with Gasteiger partial charge < -0.3 is 16.0 Å². The van der Waals surface area contributed by atoms with E-state index in [1.807, 2.05) is 31.2 Å². The summed E-state index contributed by atoms with van der Waals surface area (Å²) in [5, 5.41) is 3.00. The minimum absolute atomic E-state index is 0.00553. The lowest BCUT2D eigenvalue weighted by Crippen LogP contribution is -2.43. The number of nitrogens with zero attached hydrogens (tertiary/aromatic N) is 1. The van der Waals surface area contributed by atoms with E-state index in [-0.39, 0.29) is 30.2 Å². The van der Waals surface area contributed by atoms with Crippen LogP contribution in [0.1, 0.15) is 38.2 Å². The molecular weight excluding hydrogens is 290 g/mol. The molecule has 3 N–H and O–H groups in total. The summed E-state index contributed by atoms with van der Waals surface area (Å²) in [6.07, 6.45) is 3.28. The molecular formula is C18H27N3O2. The van der Waals surface area contributed by atoms with Crippen molar-refractivity contribution in [2.24, 2.45) is 11.7 Å². The lowest BCUT2D eigenvalue weighted by atomic mass is 10.1. The van der Waals surface area contributed by atoms with Gasteiger partial charge in [0.2, 0.25) is 11.8 Å². The molecule has 0 aromatic heterocycles. The second kappa shape index (κ2) is 8.11. The van der Waals surface area contributed by atoms with E-state index in [1.54, 1.807) is 4.90 Å². The molecule has 126 valence electrons. The maximum absolute atomic E-state index is 12.4. The van der Waals surface area contributed by atoms with Gasteiger partial charge in [0.15, 0.2) is 0 Å². The number of amides is 2. The topological polar surface area (TPSA) is 75.4 Å². The van der Waals surface area contributed by atoms with Crippen LogP contribution in [0.3, 0.4) is 0 Å². The number of carbonyl (C=O) groups is 2. The van der Waals surface area contributed by atoms with Crippen molar-refractivity contribution in [3.63, 3.8) is 0 Å². The third kappa shape index (κ3) is 4.55. The minimum Gasteiger partial charge on any atom is -0.352 e. The maximum atomic E-state index is 12.4. The molecule has 0 spiro atoms. The first kappa shape index (κ1) is 17.5. The van der Waals surface area contributed by atoms with Gasteiger partial charge in [-0.15, -0.1) is 0 Å². The second-order valence-corrected chi connectivity index (χ2v) is 6.32. The molecule has 2 atom stereocenters. The lowest BCUT2D eigenvalue weighted by Gasteiger charge is -2.20. The Bertz CT molecular complexity index is 542. The van der Waals surface area contributed by atoms with E-state index in [0.717, 1.165) is 30.5 Å². The third-order valence-electron chi connectivity index (χ3n) is 4.38. The van der Waals surface area contributed by atoms with Crippen LogP contribution in [0.2, 0.25) is 0 Å². The van der Waals surface area contributed by atoms with Crippen molar-refractivity contribution >= 4 is 17.5 Å². The predicted octanol–water partition coefficient (Wildman–Crippen LogP) is 1.98. The Balaban J connectivity index is 1.95. The summed E-state index contributed by atoms with van der Waals surface area (Å²) >= 11 is 0. The number of nitrogens with one attached hydrogen (secondary N) is 1. The van der Waals surface area contributed by atoms with Gasteiger partial charge in [-0.2, -0.15) is 0 Å². The molecule has 0 bridgehead atoms. The number of rotatable bonds is 7. The number of anilines is 1. The van der Waals surface area contributed by atoms with Gasteiger partial charge in [0, 0.05) is 31.2 Å². The largest absolute Gasteiger partial charge is 0.352 e. The first-order valence-corrected chi connectivity index (χ1v) is 8.42. The molecule has 1 aromatic rings. The Morgan fingerprint density at radius 1 is 1.39 bits per heavy atom. The molecule has 2 unspecified atom stereocenters. The molecule has 0 aliphatic carbocycles. The highest BCUT2D eigenvalue weighted by atomic mass is 16.2. The molecule has 0 radical (unpaired) electrons. The monoisotopic (exact) mass is 317 g/mol. The first-order chi connectivity index (χ1) is 11.0. The zero-order valence-electron chi connectivity index (χ0n) is 14.0. The number of hydrogen-bond donors (Lipinski definition) is 2. The minimum atomic E-state index is -0.292. The molecule has 1 saturated heterocycles. The fourth-order valence-electron chi connectivity index (χ4n) is 2.88. The van der Waals surface area contributed by atoms with Crippen LogP contribution in [0, 0.1) is 12.8 Å². The number of carbonyl (C=O) groups excluding carboxylic acids is 2. The van der Waals surface area contributed by atoms with Crippen molar-refractivity contribution in [1.29, 1.82) is 0 Å². The number of benzene rings is 1. The summed E-state index contributed by atoms with van der Waals surface area (Å²) in [6, 6.07) is 7.82. The molecule has 1 aromatic carbocycles. The Kier molecular flexibility index (Phi) is 6.16. The van der Waals surface area contributed by atoms with Crippen LogP contribution in [0.25, 0.3) is 0 Å². The molecule has 5 heteroatoms. The SMILES string of the molecule is CCCCC(CN)NC(=O)C1CC(=O)N(c2ccc(C)cc2)C1. The molecule has 23 heavy (non-hydrogen) atoms.